The Morgan fingerprint density at radius 1 is 1.25 bits per heavy atom. The second kappa shape index (κ2) is 9.02. The highest BCUT2D eigenvalue weighted by Gasteiger charge is 2.12. The lowest BCUT2D eigenvalue weighted by Gasteiger charge is -2.20. The first-order chi connectivity index (χ1) is 9.62. The van der Waals surface area contributed by atoms with Crippen molar-refractivity contribution in [1.82, 2.24) is 5.32 Å². The Morgan fingerprint density at radius 2 is 2.00 bits per heavy atom. The first-order valence-electron chi connectivity index (χ1n) is 8.02. The van der Waals surface area contributed by atoms with Crippen LogP contribution in [0.2, 0.25) is 0 Å². The topological polar surface area (TPSA) is 21.3 Å². The number of rotatable bonds is 9. The molecule has 1 N–H and O–H groups in total. The van der Waals surface area contributed by atoms with E-state index >= 15 is 0 Å². The standard InChI is InChI=1S/C18H31NO/c1-6-8-9-16(7-2)13-20-18-11-10-14(3)12-17(18)15(4)19-5/h10-12,15-16,19H,6-9,13H2,1-5H3. The third-order valence-corrected chi connectivity index (χ3v) is 4.08. The average molecular weight is 277 g/mol. The molecule has 1 rings (SSSR count). The quantitative estimate of drug-likeness (QED) is 0.695. The summed E-state index contributed by atoms with van der Waals surface area (Å²) in [7, 11) is 1.99. The lowest BCUT2D eigenvalue weighted by molar-refractivity contribution is 0.230. The van der Waals surface area contributed by atoms with Crippen LogP contribution >= 0.6 is 0 Å². The molecule has 114 valence electrons. The van der Waals surface area contributed by atoms with Crippen molar-refractivity contribution in [2.45, 2.75) is 59.4 Å². The van der Waals surface area contributed by atoms with Crippen molar-refractivity contribution < 1.29 is 4.74 Å². The van der Waals surface area contributed by atoms with Crippen molar-refractivity contribution in [3.8, 4) is 5.75 Å². The van der Waals surface area contributed by atoms with Gasteiger partial charge in [0, 0.05) is 11.6 Å². The molecular formula is C18H31NO. The Kier molecular flexibility index (Phi) is 7.68. The van der Waals surface area contributed by atoms with Gasteiger partial charge in [0.25, 0.3) is 0 Å². The summed E-state index contributed by atoms with van der Waals surface area (Å²) in [5.74, 6) is 1.71. The van der Waals surface area contributed by atoms with Gasteiger partial charge in [-0.25, -0.2) is 0 Å². The molecule has 1 aromatic carbocycles. The highest BCUT2D eigenvalue weighted by atomic mass is 16.5. The van der Waals surface area contributed by atoms with Crippen molar-refractivity contribution in [2.75, 3.05) is 13.7 Å². The molecule has 0 aliphatic carbocycles. The van der Waals surface area contributed by atoms with E-state index in [1.54, 1.807) is 0 Å². The summed E-state index contributed by atoms with van der Waals surface area (Å²) in [5, 5.41) is 3.30. The van der Waals surface area contributed by atoms with E-state index in [9.17, 15) is 0 Å². The van der Waals surface area contributed by atoms with Gasteiger partial charge in [-0.1, -0.05) is 50.8 Å². The van der Waals surface area contributed by atoms with Crippen LogP contribution in [0.5, 0.6) is 5.75 Å². The van der Waals surface area contributed by atoms with Crippen LogP contribution in [-0.2, 0) is 0 Å². The molecule has 0 amide bonds. The highest BCUT2D eigenvalue weighted by Crippen LogP contribution is 2.27. The van der Waals surface area contributed by atoms with Crippen molar-refractivity contribution in [3.05, 3.63) is 29.3 Å². The highest BCUT2D eigenvalue weighted by molar-refractivity contribution is 5.38. The smallest absolute Gasteiger partial charge is 0.124 e. The molecule has 0 heterocycles. The van der Waals surface area contributed by atoms with E-state index in [2.05, 4.69) is 51.2 Å². The molecule has 0 radical (unpaired) electrons. The number of benzene rings is 1. The normalized spacial score (nSPS) is 14.1. The van der Waals surface area contributed by atoms with Gasteiger partial charge in [0.1, 0.15) is 5.75 Å². The first kappa shape index (κ1) is 17.0. The Morgan fingerprint density at radius 3 is 2.60 bits per heavy atom. The largest absolute Gasteiger partial charge is 0.493 e. The molecule has 0 spiro atoms. The lowest BCUT2D eigenvalue weighted by atomic mass is 10.00. The summed E-state index contributed by atoms with van der Waals surface area (Å²) in [5.41, 5.74) is 2.55. The maximum atomic E-state index is 6.13. The summed E-state index contributed by atoms with van der Waals surface area (Å²) < 4.78 is 6.13. The van der Waals surface area contributed by atoms with E-state index in [4.69, 9.17) is 4.74 Å². The molecule has 0 aromatic heterocycles. The fourth-order valence-corrected chi connectivity index (χ4v) is 2.40. The van der Waals surface area contributed by atoms with E-state index < -0.39 is 0 Å². The van der Waals surface area contributed by atoms with E-state index in [1.165, 1.54) is 36.8 Å². The van der Waals surface area contributed by atoms with Crippen LogP contribution in [0.3, 0.4) is 0 Å². The molecule has 0 aliphatic heterocycles. The van der Waals surface area contributed by atoms with Crippen LogP contribution in [0.15, 0.2) is 18.2 Å². The third kappa shape index (κ3) is 5.16. The summed E-state index contributed by atoms with van der Waals surface area (Å²) in [6, 6.07) is 6.79. The minimum Gasteiger partial charge on any atom is -0.493 e. The average Bonchev–Trinajstić information content (AvgIpc) is 2.47. The summed E-state index contributed by atoms with van der Waals surface area (Å²) >= 11 is 0. The van der Waals surface area contributed by atoms with Crippen molar-refractivity contribution in [1.29, 1.82) is 0 Å². The predicted molar refractivity (Wildman–Crippen MR) is 87.5 cm³/mol. The number of hydrogen-bond acceptors (Lipinski definition) is 2. The van der Waals surface area contributed by atoms with Crippen LogP contribution in [0, 0.1) is 12.8 Å². The minimum atomic E-state index is 0.320. The van der Waals surface area contributed by atoms with Gasteiger partial charge in [-0.05, 0) is 39.3 Å². The maximum Gasteiger partial charge on any atom is 0.124 e. The maximum absolute atomic E-state index is 6.13. The fraction of sp³-hybridized carbons (Fsp3) is 0.667. The van der Waals surface area contributed by atoms with Crippen molar-refractivity contribution in [2.24, 2.45) is 5.92 Å². The molecule has 1 aromatic rings. The van der Waals surface area contributed by atoms with Gasteiger partial charge in [0.15, 0.2) is 0 Å². The fourth-order valence-electron chi connectivity index (χ4n) is 2.40. The molecule has 20 heavy (non-hydrogen) atoms. The molecule has 0 aliphatic rings. The van der Waals surface area contributed by atoms with Gasteiger partial charge in [-0.2, -0.15) is 0 Å². The van der Waals surface area contributed by atoms with Gasteiger partial charge in [-0.3, -0.25) is 0 Å². The van der Waals surface area contributed by atoms with Gasteiger partial charge >= 0.3 is 0 Å². The van der Waals surface area contributed by atoms with Gasteiger partial charge in [0.2, 0.25) is 0 Å². The molecule has 0 fully saturated rings. The zero-order chi connectivity index (χ0) is 15.0. The molecule has 0 saturated heterocycles. The summed E-state index contributed by atoms with van der Waals surface area (Å²) in [6.07, 6.45) is 5.04. The molecule has 2 heteroatoms. The van der Waals surface area contributed by atoms with Crippen molar-refractivity contribution >= 4 is 0 Å². The summed E-state index contributed by atoms with van der Waals surface area (Å²) in [4.78, 5) is 0. The number of hydrogen-bond donors (Lipinski definition) is 1. The van der Waals surface area contributed by atoms with Crippen LogP contribution in [0.4, 0.5) is 0 Å². The SMILES string of the molecule is CCCCC(CC)COc1ccc(C)cc1C(C)NC. The minimum absolute atomic E-state index is 0.320. The van der Waals surface area contributed by atoms with E-state index in [0.29, 0.717) is 12.0 Å². The van der Waals surface area contributed by atoms with E-state index in [1.807, 2.05) is 7.05 Å². The lowest BCUT2D eigenvalue weighted by Crippen LogP contribution is -2.16. The molecule has 2 nitrogen and oxygen atoms in total. The number of nitrogens with one attached hydrogen (secondary N) is 1. The number of aryl methyl sites for hydroxylation is 1. The predicted octanol–water partition coefficient (Wildman–Crippen LogP) is 4.87. The molecule has 2 atom stereocenters. The second-order valence-electron chi connectivity index (χ2n) is 5.78. The summed E-state index contributed by atoms with van der Waals surface area (Å²) in [6.45, 7) is 9.65. The third-order valence-electron chi connectivity index (χ3n) is 4.08. The monoisotopic (exact) mass is 277 g/mol. The molecular weight excluding hydrogens is 246 g/mol. The Balaban J connectivity index is 2.71. The second-order valence-corrected chi connectivity index (χ2v) is 5.78. The van der Waals surface area contributed by atoms with Crippen LogP contribution in [-0.4, -0.2) is 13.7 Å². The van der Waals surface area contributed by atoms with E-state index in [0.717, 1.165) is 12.4 Å². The van der Waals surface area contributed by atoms with Crippen LogP contribution in [0.1, 0.15) is 63.6 Å². The Labute approximate surface area is 124 Å². The number of ether oxygens (including phenoxy) is 1. The zero-order valence-corrected chi connectivity index (χ0v) is 13.8. The van der Waals surface area contributed by atoms with Crippen LogP contribution < -0.4 is 10.1 Å². The first-order valence-corrected chi connectivity index (χ1v) is 8.02. The van der Waals surface area contributed by atoms with Gasteiger partial charge in [-0.15, -0.1) is 0 Å². The van der Waals surface area contributed by atoms with Gasteiger partial charge in [0.05, 0.1) is 6.61 Å². The van der Waals surface area contributed by atoms with E-state index in [-0.39, 0.29) is 0 Å². The molecule has 0 bridgehead atoms. The Bertz CT molecular complexity index is 389. The molecule has 0 saturated carbocycles. The van der Waals surface area contributed by atoms with Crippen molar-refractivity contribution in [3.63, 3.8) is 0 Å². The Hall–Kier alpha value is -1.02. The van der Waals surface area contributed by atoms with Gasteiger partial charge < -0.3 is 10.1 Å². The zero-order valence-electron chi connectivity index (χ0n) is 13.8. The van der Waals surface area contributed by atoms with Crippen LogP contribution in [0.25, 0.3) is 0 Å². The molecule has 2 unspecified atom stereocenters. The number of unbranched alkanes of at least 4 members (excludes halogenated alkanes) is 1.